The summed E-state index contributed by atoms with van der Waals surface area (Å²) in [6.45, 7) is 5.93. The van der Waals surface area contributed by atoms with Gasteiger partial charge in [0.05, 0.1) is 6.26 Å². The van der Waals surface area contributed by atoms with Crippen molar-refractivity contribution in [3.8, 4) is 0 Å². The van der Waals surface area contributed by atoms with E-state index < -0.39 is 0 Å². The quantitative estimate of drug-likeness (QED) is 0.430. The van der Waals surface area contributed by atoms with Gasteiger partial charge in [-0.3, -0.25) is 9.79 Å². The summed E-state index contributed by atoms with van der Waals surface area (Å²) < 4.78 is 5.03. The second kappa shape index (κ2) is 8.76. The standard InChI is InChI=1S/C18H24N4O2/c1-13-6-7-15(14(2)11-13)12-22-18(19-3)21-9-8-20-17(23)16-5-4-10-24-16/h4-7,10-11H,8-9,12H2,1-3H3,(H,20,23)(H2,19,21,22). The van der Waals surface area contributed by atoms with Gasteiger partial charge in [0.1, 0.15) is 0 Å². The van der Waals surface area contributed by atoms with Crippen LogP contribution < -0.4 is 16.0 Å². The van der Waals surface area contributed by atoms with Crippen LogP contribution in [0, 0.1) is 13.8 Å². The van der Waals surface area contributed by atoms with E-state index in [1.165, 1.54) is 23.0 Å². The molecule has 0 aliphatic carbocycles. The molecule has 24 heavy (non-hydrogen) atoms. The van der Waals surface area contributed by atoms with Gasteiger partial charge in [-0.2, -0.15) is 0 Å². The predicted molar refractivity (Wildman–Crippen MR) is 95.2 cm³/mol. The molecule has 3 N–H and O–H groups in total. The van der Waals surface area contributed by atoms with E-state index in [-0.39, 0.29) is 5.91 Å². The van der Waals surface area contributed by atoms with Crippen molar-refractivity contribution in [2.75, 3.05) is 20.1 Å². The Labute approximate surface area is 142 Å². The van der Waals surface area contributed by atoms with Crippen LogP contribution in [-0.4, -0.2) is 32.0 Å². The third-order valence-electron chi connectivity index (χ3n) is 3.62. The normalized spacial score (nSPS) is 11.2. The molecule has 0 spiro atoms. The molecule has 1 amide bonds. The number of benzene rings is 1. The SMILES string of the molecule is CN=C(NCCNC(=O)c1ccco1)NCc1ccc(C)cc1C. The highest BCUT2D eigenvalue weighted by Crippen LogP contribution is 2.09. The zero-order chi connectivity index (χ0) is 17.4. The van der Waals surface area contributed by atoms with Crippen LogP contribution in [0.2, 0.25) is 0 Å². The molecule has 1 aromatic heterocycles. The van der Waals surface area contributed by atoms with Crippen LogP contribution in [0.1, 0.15) is 27.2 Å². The first-order valence-electron chi connectivity index (χ1n) is 7.92. The third kappa shape index (κ3) is 5.15. The maximum Gasteiger partial charge on any atom is 0.287 e. The Balaban J connectivity index is 1.71. The molecule has 0 unspecified atom stereocenters. The van der Waals surface area contributed by atoms with E-state index in [1.807, 2.05) is 0 Å². The van der Waals surface area contributed by atoms with Gasteiger partial charge in [0.25, 0.3) is 5.91 Å². The van der Waals surface area contributed by atoms with Gasteiger partial charge in [-0.15, -0.1) is 0 Å². The third-order valence-corrected chi connectivity index (χ3v) is 3.62. The number of nitrogens with one attached hydrogen (secondary N) is 3. The fourth-order valence-electron chi connectivity index (χ4n) is 2.30. The van der Waals surface area contributed by atoms with E-state index in [0.29, 0.717) is 31.4 Å². The van der Waals surface area contributed by atoms with Crippen molar-refractivity contribution in [3.05, 3.63) is 59.0 Å². The van der Waals surface area contributed by atoms with Crippen LogP contribution in [0.15, 0.2) is 46.0 Å². The Morgan fingerprint density at radius 2 is 1.92 bits per heavy atom. The first-order chi connectivity index (χ1) is 11.6. The molecule has 0 radical (unpaired) electrons. The van der Waals surface area contributed by atoms with Gasteiger partial charge in [0, 0.05) is 26.7 Å². The molecule has 2 aromatic rings. The number of rotatable bonds is 6. The number of nitrogens with zero attached hydrogens (tertiary/aromatic N) is 1. The molecule has 0 fully saturated rings. The lowest BCUT2D eigenvalue weighted by Gasteiger charge is -2.13. The topological polar surface area (TPSA) is 78.7 Å². The molecule has 0 aliphatic rings. The molecule has 0 bridgehead atoms. The number of amides is 1. The molecule has 0 atom stereocenters. The zero-order valence-corrected chi connectivity index (χ0v) is 14.3. The smallest absolute Gasteiger partial charge is 0.287 e. The van der Waals surface area contributed by atoms with Crippen molar-refractivity contribution >= 4 is 11.9 Å². The van der Waals surface area contributed by atoms with E-state index in [2.05, 4.69) is 53.0 Å². The highest BCUT2D eigenvalue weighted by atomic mass is 16.3. The van der Waals surface area contributed by atoms with Crippen molar-refractivity contribution in [2.24, 2.45) is 4.99 Å². The number of carbonyl (C=O) groups is 1. The number of aliphatic imine (C=N–C) groups is 1. The maximum absolute atomic E-state index is 11.7. The number of hydrogen-bond donors (Lipinski definition) is 3. The first kappa shape index (κ1) is 17.6. The van der Waals surface area contributed by atoms with Gasteiger partial charge < -0.3 is 20.4 Å². The minimum Gasteiger partial charge on any atom is -0.459 e. The number of carbonyl (C=O) groups excluding carboxylic acids is 1. The molecule has 0 saturated carbocycles. The average molecular weight is 328 g/mol. The lowest BCUT2D eigenvalue weighted by molar-refractivity contribution is 0.0926. The van der Waals surface area contributed by atoms with Crippen LogP contribution in [0.5, 0.6) is 0 Å². The molecule has 6 nitrogen and oxygen atoms in total. The Morgan fingerprint density at radius 3 is 2.58 bits per heavy atom. The summed E-state index contributed by atoms with van der Waals surface area (Å²) in [6.07, 6.45) is 1.48. The molecule has 0 saturated heterocycles. The Hall–Kier alpha value is -2.76. The van der Waals surface area contributed by atoms with Crippen LogP contribution in [0.4, 0.5) is 0 Å². The van der Waals surface area contributed by atoms with Gasteiger partial charge in [-0.25, -0.2) is 0 Å². The lowest BCUT2D eigenvalue weighted by atomic mass is 10.1. The number of guanidine groups is 1. The number of furan rings is 1. The minimum atomic E-state index is -0.222. The van der Waals surface area contributed by atoms with Crippen molar-refractivity contribution in [3.63, 3.8) is 0 Å². The van der Waals surface area contributed by atoms with Gasteiger partial charge in [0.2, 0.25) is 0 Å². The maximum atomic E-state index is 11.7. The van der Waals surface area contributed by atoms with Crippen molar-refractivity contribution in [1.29, 1.82) is 0 Å². The highest BCUT2D eigenvalue weighted by molar-refractivity contribution is 5.91. The van der Waals surface area contributed by atoms with Gasteiger partial charge >= 0.3 is 0 Å². The van der Waals surface area contributed by atoms with Crippen molar-refractivity contribution in [2.45, 2.75) is 20.4 Å². The highest BCUT2D eigenvalue weighted by Gasteiger charge is 2.07. The van der Waals surface area contributed by atoms with Gasteiger partial charge in [-0.05, 0) is 37.1 Å². The van der Waals surface area contributed by atoms with E-state index in [4.69, 9.17) is 4.42 Å². The van der Waals surface area contributed by atoms with Gasteiger partial charge in [0.15, 0.2) is 11.7 Å². The van der Waals surface area contributed by atoms with Crippen LogP contribution in [0.25, 0.3) is 0 Å². The van der Waals surface area contributed by atoms with E-state index in [0.717, 1.165) is 0 Å². The van der Waals surface area contributed by atoms with Crippen molar-refractivity contribution in [1.82, 2.24) is 16.0 Å². The summed E-state index contributed by atoms with van der Waals surface area (Å²) in [5, 5.41) is 9.21. The second-order valence-electron chi connectivity index (χ2n) is 5.52. The second-order valence-corrected chi connectivity index (χ2v) is 5.52. The molecule has 0 aliphatic heterocycles. The van der Waals surface area contributed by atoms with E-state index in [1.54, 1.807) is 19.2 Å². The van der Waals surface area contributed by atoms with Gasteiger partial charge in [-0.1, -0.05) is 23.8 Å². The summed E-state index contributed by atoms with van der Waals surface area (Å²) in [5.41, 5.74) is 3.74. The Kier molecular flexibility index (Phi) is 6.42. The van der Waals surface area contributed by atoms with Crippen LogP contribution >= 0.6 is 0 Å². The summed E-state index contributed by atoms with van der Waals surface area (Å²) >= 11 is 0. The van der Waals surface area contributed by atoms with Crippen molar-refractivity contribution < 1.29 is 9.21 Å². The van der Waals surface area contributed by atoms with Crippen LogP contribution in [0.3, 0.4) is 0 Å². The zero-order valence-electron chi connectivity index (χ0n) is 14.3. The molecular formula is C18H24N4O2. The summed E-state index contributed by atoms with van der Waals surface area (Å²) in [6, 6.07) is 9.70. The van der Waals surface area contributed by atoms with E-state index in [9.17, 15) is 4.79 Å². The first-order valence-corrected chi connectivity index (χ1v) is 7.92. The fourth-order valence-corrected chi connectivity index (χ4v) is 2.30. The fraction of sp³-hybridized carbons (Fsp3) is 0.333. The predicted octanol–water partition coefficient (Wildman–Crippen LogP) is 1.99. The summed E-state index contributed by atoms with van der Waals surface area (Å²) in [5.74, 6) is 0.787. The Bertz CT molecular complexity index is 693. The summed E-state index contributed by atoms with van der Waals surface area (Å²) in [4.78, 5) is 15.9. The summed E-state index contributed by atoms with van der Waals surface area (Å²) in [7, 11) is 1.72. The molecular weight excluding hydrogens is 304 g/mol. The average Bonchev–Trinajstić information content (AvgIpc) is 3.10. The van der Waals surface area contributed by atoms with Crippen LogP contribution in [-0.2, 0) is 6.54 Å². The Morgan fingerprint density at radius 1 is 1.12 bits per heavy atom. The number of aryl methyl sites for hydroxylation is 2. The molecule has 6 heteroatoms. The minimum absolute atomic E-state index is 0.222. The van der Waals surface area contributed by atoms with E-state index >= 15 is 0 Å². The molecule has 128 valence electrons. The largest absolute Gasteiger partial charge is 0.459 e. The lowest BCUT2D eigenvalue weighted by Crippen LogP contribution is -2.41. The monoisotopic (exact) mass is 328 g/mol. The molecule has 1 heterocycles. The number of hydrogen-bond acceptors (Lipinski definition) is 3. The molecule has 1 aromatic carbocycles. The molecule has 2 rings (SSSR count).